The van der Waals surface area contributed by atoms with Crippen molar-refractivity contribution in [3.63, 3.8) is 0 Å². The molecule has 0 radical (unpaired) electrons. The minimum Gasteiger partial charge on any atom is -0.444 e. The number of alkyl carbamates (subject to hydrolysis) is 1. The molecule has 1 saturated heterocycles. The molecule has 0 bridgehead atoms. The first-order chi connectivity index (χ1) is 14.0. The van der Waals surface area contributed by atoms with Crippen LogP contribution in [-0.2, 0) is 14.8 Å². The van der Waals surface area contributed by atoms with Gasteiger partial charge in [0.15, 0.2) is 5.96 Å². The van der Waals surface area contributed by atoms with Gasteiger partial charge in [-0.3, -0.25) is 4.99 Å². The Morgan fingerprint density at radius 1 is 1.23 bits per heavy atom. The Labute approximate surface area is 202 Å². The van der Waals surface area contributed by atoms with Gasteiger partial charge in [0, 0.05) is 33.2 Å². The van der Waals surface area contributed by atoms with Gasteiger partial charge in [0.05, 0.1) is 10.9 Å². The van der Waals surface area contributed by atoms with E-state index in [1.54, 1.807) is 31.3 Å². The first kappa shape index (κ1) is 27.4. The summed E-state index contributed by atoms with van der Waals surface area (Å²) in [6.45, 7) is 9.33. The highest BCUT2D eigenvalue weighted by Gasteiger charge is 2.27. The van der Waals surface area contributed by atoms with Crippen molar-refractivity contribution in [3.8, 4) is 0 Å². The Hall–Kier alpha value is -1.60. The number of rotatable bonds is 6. The van der Waals surface area contributed by atoms with Crippen molar-refractivity contribution in [1.82, 2.24) is 20.3 Å². The minimum absolute atomic E-state index is 0. The molecule has 1 amide bonds. The van der Waals surface area contributed by atoms with Crippen LogP contribution >= 0.6 is 24.0 Å². The lowest BCUT2D eigenvalue weighted by Crippen LogP contribution is -2.45. The van der Waals surface area contributed by atoms with Crippen LogP contribution in [0.15, 0.2) is 34.2 Å². The molecule has 0 aromatic heterocycles. The summed E-state index contributed by atoms with van der Waals surface area (Å²) in [5.41, 5.74) is 0.468. The van der Waals surface area contributed by atoms with Crippen molar-refractivity contribution in [2.45, 2.75) is 50.7 Å². The molecule has 31 heavy (non-hydrogen) atoms. The summed E-state index contributed by atoms with van der Waals surface area (Å²) in [5.74, 6) is 0.665. The topological polar surface area (TPSA) is 112 Å². The van der Waals surface area contributed by atoms with Crippen LogP contribution in [0, 0.1) is 6.92 Å². The fraction of sp³-hybridized carbons (Fsp3) is 0.600. The van der Waals surface area contributed by atoms with Crippen LogP contribution in [0.5, 0.6) is 0 Å². The van der Waals surface area contributed by atoms with Crippen LogP contribution in [0.3, 0.4) is 0 Å². The molecule has 11 heteroatoms. The molecule has 1 fully saturated rings. The Bertz CT molecular complexity index is 853. The predicted molar refractivity (Wildman–Crippen MR) is 132 cm³/mol. The first-order valence-electron chi connectivity index (χ1n) is 10.0. The Balaban J connectivity index is 0.00000480. The standard InChI is InChI=1S/C20H33N5O4S.HI/c1-15-6-8-17(9-7-15)30(27,28)23-12-11-22-18(21-5)25-13-10-16(14-25)24-19(26)29-20(2,3)4;/h6-9,16,23H,10-14H2,1-5H3,(H,21,22)(H,24,26);1H. The minimum atomic E-state index is -3.54. The average Bonchev–Trinajstić information content (AvgIpc) is 3.08. The van der Waals surface area contributed by atoms with E-state index in [2.05, 4.69) is 20.3 Å². The van der Waals surface area contributed by atoms with Crippen LogP contribution in [0.2, 0.25) is 0 Å². The van der Waals surface area contributed by atoms with E-state index in [1.165, 1.54) is 0 Å². The zero-order valence-electron chi connectivity index (χ0n) is 18.8. The summed E-state index contributed by atoms with van der Waals surface area (Å²) in [6, 6.07) is 6.68. The number of carbonyl (C=O) groups is 1. The smallest absolute Gasteiger partial charge is 0.407 e. The second-order valence-corrected chi connectivity index (χ2v) is 10.0. The number of aliphatic imine (C=N–C) groups is 1. The van der Waals surface area contributed by atoms with Crippen LogP contribution in [0.4, 0.5) is 4.79 Å². The molecule has 0 saturated carbocycles. The average molecular weight is 567 g/mol. The number of guanidine groups is 1. The molecule has 1 aliphatic heterocycles. The molecule has 1 aliphatic rings. The van der Waals surface area contributed by atoms with E-state index in [9.17, 15) is 13.2 Å². The Morgan fingerprint density at radius 3 is 2.45 bits per heavy atom. The zero-order chi connectivity index (χ0) is 22.4. The number of hydrogen-bond acceptors (Lipinski definition) is 5. The molecule has 2 rings (SSSR count). The third kappa shape index (κ3) is 9.19. The molecule has 1 atom stereocenters. The van der Waals surface area contributed by atoms with Crippen LogP contribution in [0.1, 0.15) is 32.8 Å². The fourth-order valence-electron chi connectivity index (χ4n) is 3.04. The summed E-state index contributed by atoms with van der Waals surface area (Å²) < 4.78 is 32.5. The van der Waals surface area contributed by atoms with Gasteiger partial charge in [0.25, 0.3) is 0 Å². The molecule has 0 aliphatic carbocycles. The molecule has 9 nitrogen and oxygen atoms in total. The van der Waals surface area contributed by atoms with Crippen molar-refractivity contribution >= 4 is 46.1 Å². The number of nitrogens with one attached hydrogen (secondary N) is 3. The highest BCUT2D eigenvalue weighted by Crippen LogP contribution is 2.12. The van der Waals surface area contributed by atoms with E-state index in [-0.39, 0.29) is 41.5 Å². The zero-order valence-corrected chi connectivity index (χ0v) is 21.9. The van der Waals surface area contributed by atoms with E-state index in [0.29, 0.717) is 19.0 Å². The van der Waals surface area contributed by atoms with Gasteiger partial charge in [0.2, 0.25) is 10.0 Å². The number of aryl methyl sites for hydroxylation is 1. The molecular formula is C20H34IN5O4S. The number of hydrogen-bond donors (Lipinski definition) is 3. The molecular weight excluding hydrogens is 533 g/mol. The van der Waals surface area contributed by atoms with Crippen LogP contribution in [0.25, 0.3) is 0 Å². The maximum Gasteiger partial charge on any atom is 0.407 e. The number of likely N-dealkylation sites (tertiary alicyclic amines) is 1. The molecule has 1 aromatic carbocycles. The van der Waals surface area contributed by atoms with Gasteiger partial charge in [0.1, 0.15) is 5.60 Å². The quantitative estimate of drug-likeness (QED) is 0.210. The number of ether oxygens (including phenoxy) is 1. The van der Waals surface area contributed by atoms with Crippen LogP contribution < -0.4 is 15.4 Å². The summed E-state index contributed by atoms with van der Waals surface area (Å²) in [5, 5.41) is 6.04. The third-order valence-corrected chi connectivity index (χ3v) is 5.93. The van der Waals surface area contributed by atoms with E-state index in [0.717, 1.165) is 18.5 Å². The lowest BCUT2D eigenvalue weighted by atomic mass is 10.2. The van der Waals surface area contributed by atoms with Gasteiger partial charge in [-0.25, -0.2) is 17.9 Å². The number of sulfonamides is 1. The van der Waals surface area contributed by atoms with Gasteiger partial charge in [-0.1, -0.05) is 17.7 Å². The molecule has 176 valence electrons. The number of carbonyl (C=O) groups excluding carboxylic acids is 1. The lowest BCUT2D eigenvalue weighted by Gasteiger charge is -2.23. The SMILES string of the molecule is CN=C(NCCNS(=O)(=O)c1ccc(C)cc1)N1CCC(NC(=O)OC(C)(C)C)C1.I. The van der Waals surface area contributed by atoms with Gasteiger partial charge in [-0.2, -0.15) is 0 Å². The van der Waals surface area contributed by atoms with Crippen LogP contribution in [-0.4, -0.2) is 70.2 Å². The number of benzene rings is 1. The third-order valence-electron chi connectivity index (χ3n) is 4.45. The second-order valence-electron chi connectivity index (χ2n) is 8.26. The summed E-state index contributed by atoms with van der Waals surface area (Å²) in [6.07, 6.45) is 0.350. The number of nitrogens with zero attached hydrogens (tertiary/aromatic N) is 2. The van der Waals surface area contributed by atoms with Gasteiger partial charge < -0.3 is 20.3 Å². The normalized spacial score (nSPS) is 17.1. The fourth-order valence-corrected chi connectivity index (χ4v) is 4.07. The van der Waals surface area contributed by atoms with E-state index in [1.807, 2.05) is 32.6 Å². The van der Waals surface area contributed by atoms with Gasteiger partial charge in [-0.05, 0) is 46.2 Å². The monoisotopic (exact) mass is 567 g/mol. The molecule has 1 unspecified atom stereocenters. The molecule has 3 N–H and O–H groups in total. The Morgan fingerprint density at radius 2 is 1.87 bits per heavy atom. The largest absolute Gasteiger partial charge is 0.444 e. The highest BCUT2D eigenvalue weighted by molar-refractivity contribution is 14.0. The Kier molecular flexibility index (Phi) is 10.5. The summed E-state index contributed by atoms with van der Waals surface area (Å²) in [7, 11) is -1.87. The molecule has 1 aromatic rings. The van der Waals surface area contributed by atoms with Crippen molar-refractivity contribution < 1.29 is 17.9 Å². The lowest BCUT2D eigenvalue weighted by molar-refractivity contribution is 0.0507. The second kappa shape index (κ2) is 11.9. The van der Waals surface area contributed by atoms with Crippen molar-refractivity contribution in [2.75, 3.05) is 33.2 Å². The number of halogens is 1. The van der Waals surface area contributed by atoms with E-state index < -0.39 is 21.7 Å². The van der Waals surface area contributed by atoms with Crippen molar-refractivity contribution in [2.24, 2.45) is 4.99 Å². The molecule has 0 spiro atoms. The van der Waals surface area contributed by atoms with E-state index >= 15 is 0 Å². The maximum atomic E-state index is 12.3. The van der Waals surface area contributed by atoms with Crippen molar-refractivity contribution in [3.05, 3.63) is 29.8 Å². The predicted octanol–water partition coefficient (Wildman–Crippen LogP) is 2.07. The van der Waals surface area contributed by atoms with Gasteiger partial charge >= 0.3 is 6.09 Å². The van der Waals surface area contributed by atoms with E-state index in [4.69, 9.17) is 4.74 Å². The highest BCUT2D eigenvalue weighted by atomic mass is 127. The molecule has 1 heterocycles. The summed E-state index contributed by atoms with van der Waals surface area (Å²) >= 11 is 0. The first-order valence-corrected chi connectivity index (χ1v) is 11.5. The van der Waals surface area contributed by atoms with Gasteiger partial charge in [-0.15, -0.1) is 24.0 Å². The van der Waals surface area contributed by atoms with Crippen molar-refractivity contribution in [1.29, 1.82) is 0 Å². The maximum absolute atomic E-state index is 12.3. The summed E-state index contributed by atoms with van der Waals surface area (Å²) in [4.78, 5) is 18.5. The number of amides is 1.